The van der Waals surface area contributed by atoms with Crippen LogP contribution < -0.4 is 5.32 Å². The fourth-order valence-corrected chi connectivity index (χ4v) is 7.14. The number of likely N-dealkylation sites (tertiary alicyclic amines) is 1. The Labute approximate surface area is 271 Å². The molecule has 1 aromatic heterocycles. The van der Waals surface area contributed by atoms with Crippen molar-refractivity contribution in [2.45, 2.75) is 31.7 Å². The molecule has 1 fully saturated rings. The third-order valence-corrected chi connectivity index (χ3v) is 9.61. The number of nitrogens with zero attached hydrogens (tertiary/aromatic N) is 3. The van der Waals surface area contributed by atoms with Crippen LogP contribution in [-0.4, -0.2) is 40.7 Å². The summed E-state index contributed by atoms with van der Waals surface area (Å²) >= 11 is 0. The molecule has 1 N–H and O–H groups in total. The summed E-state index contributed by atoms with van der Waals surface area (Å²) < 4.78 is 2.14. The van der Waals surface area contributed by atoms with E-state index in [4.69, 9.17) is 5.10 Å². The molecule has 0 radical (unpaired) electrons. The molecule has 6 aromatic rings. The van der Waals surface area contributed by atoms with Crippen molar-refractivity contribution >= 4 is 22.6 Å². The third kappa shape index (κ3) is 5.31. The molecule has 1 aliphatic heterocycles. The number of fused-ring (bicyclic) bond motifs is 1. The van der Waals surface area contributed by atoms with Crippen molar-refractivity contribution < 1.29 is 4.79 Å². The van der Waals surface area contributed by atoms with Gasteiger partial charge in [0.05, 0.1) is 5.52 Å². The van der Waals surface area contributed by atoms with Crippen molar-refractivity contribution in [1.82, 2.24) is 14.7 Å². The van der Waals surface area contributed by atoms with E-state index in [0.717, 1.165) is 65.5 Å². The number of rotatable bonds is 8. The highest BCUT2D eigenvalue weighted by Gasteiger charge is 2.41. The Hall–Kier alpha value is -5.00. The first-order chi connectivity index (χ1) is 22.6. The topological polar surface area (TPSA) is 50.2 Å². The van der Waals surface area contributed by atoms with Crippen LogP contribution in [0.5, 0.6) is 0 Å². The summed E-state index contributed by atoms with van der Waals surface area (Å²) in [7, 11) is 2.12. The summed E-state index contributed by atoms with van der Waals surface area (Å²) in [5.41, 5.74) is 7.02. The molecule has 0 spiro atoms. The highest BCUT2D eigenvalue weighted by atomic mass is 16.2. The first kappa shape index (κ1) is 29.7. The number of piperidine rings is 1. The lowest BCUT2D eigenvalue weighted by molar-refractivity contribution is -0.121. The van der Waals surface area contributed by atoms with Crippen molar-refractivity contribution in [1.29, 1.82) is 0 Å². The van der Waals surface area contributed by atoms with Gasteiger partial charge in [0.2, 0.25) is 5.91 Å². The number of carbonyl (C=O) groups excluding carboxylic acids is 1. The van der Waals surface area contributed by atoms with Crippen LogP contribution in [0.2, 0.25) is 0 Å². The Kier molecular flexibility index (Phi) is 8.25. The molecule has 7 rings (SSSR count). The molecule has 0 unspecified atom stereocenters. The lowest BCUT2D eigenvalue weighted by Gasteiger charge is -2.37. The number of amides is 1. The minimum absolute atomic E-state index is 0.0393. The number of aromatic nitrogens is 2. The number of aryl methyl sites for hydroxylation is 1. The summed E-state index contributed by atoms with van der Waals surface area (Å²) in [5, 5.41) is 9.65. The number of hydrogen-bond donors (Lipinski definition) is 1. The van der Waals surface area contributed by atoms with Gasteiger partial charge < -0.3 is 10.2 Å². The molecule has 5 aromatic carbocycles. The van der Waals surface area contributed by atoms with Crippen LogP contribution in [-0.2, 0) is 16.8 Å². The van der Waals surface area contributed by atoms with E-state index in [1.165, 1.54) is 11.1 Å². The molecule has 2 heterocycles. The summed E-state index contributed by atoms with van der Waals surface area (Å²) in [6, 6.07) is 46.9. The van der Waals surface area contributed by atoms with Crippen molar-refractivity contribution in [3.8, 4) is 11.1 Å². The SMILES string of the molecule is CCc1ccccc1-c1ccc2c(c1)c(NC(=O)C1CCN(C)CC1)nn2C(c1ccccc1)(c1ccccc1)c1ccccc1. The molecular formula is C41H40N4O. The van der Waals surface area contributed by atoms with E-state index >= 15 is 0 Å². The number of carbonyl (C=O) groups is 1. The molecule has 230 valence electrons. The Morgan fingerprint density at radius 3 is 1.87 bits per heavy atom. The Bertz CT molecular complexity index is 1840. The van der Waals surface area contributed by atoms with Gasteiger partial charge in [-0.2, -0.15) is 5.10 Å². The van der Waals surface area contributed by atoms with E-state index in [9.17, 15) is 4.79 Å². The van der Waals surface area contributed by atoms with Gasteiger partial charge in [-0.3, -0.25) is 4.79 Å². The van der Waals surface area contributed by atoms with Crippen molar-refractivity contribution in [2.24, 2.45) is 5.92 Å². The van der Waals surface area contributed by atoms with Crippen LogP contribution >= 0.6 is 0 Å². The predicted molar refractivity (Wildman–Crippen MR) is 188 cm³/mol. The van der Waals surface area contributed by atoms with Gasteiger partial charge in [0.1, 0.15) is 5.54 Å². The highest BCUT2D eigenvalue weighted by molar-refractivity contribution is 6.02. The van der Waals surface area contributed by atoms with Gasteiger partial charge in [-0.15, -0.1) is 0 Å². The van der Waals surface area contributed by atoms with E-state index < -0.39 is 5.54 Å². The first-order valence-electron chi connectivity index (χ1n) is 16.4. The molecule has 0 bridgehead atoms. The van der Waals surface area contributed by atoms with Crippen LogP contribution in [0, 0.1) is 5.92 Å². The summed E-state index contributed by atoms with van der Waals surface area (Å²) in [5.74, 6) is 0.605. The molecule has 0 saturated carbocycles. The Morgan fingerprint density at radius 2 is 1.30 bits per heavy atom. The zero-order valence-electron chi connectivity index (χ0n) is 26.6. The normalized spacial score (nSPS) is 14.4. The van der Waals surface area contributed by atoms with E-state index in [-0.39, 0.29) is 11.8 Å². The lowest BCUT2D eigenvalue weighted by atomic mass is 9.77. The Balaban J connectivity index is 1.50. The predicted octanol–water partition coefficient (Wildman–Crippen LogP) is 8.39. The second-order valence-corrected chi connectivity index (χ2v) is 12.4. The second kappa shape index (κ2) is 12.8. The molecule has 1 saturated heterocycles. The number of benzene rings is 5. The van der Waals surface area contributed by atoms with Gasteiger partial charge in [0, 0.05) is 11.3 Å². The molecule has 1 aliphatic rings. The van der Waals surface area contributed by atoms with Crippen molar-refractivity contribution in [2.75, 3.05) is 25.5 Å². The fourth-order valence-electron chi connectivity index (χ4n) is 7.14. The zero-order valence-corrected chi connectivity index (χ0v) is 26.6. The average molecular weight is 605 g/mol. The van der Waals surface area contributed by atoms with Crippen molar-refractivity contribution in [3.63, 3.8) is 0 Å². The van der Waals surface area contributed by atoms with Gasteiger partial charge in [0.25, 0.3) is 0 Å². The molecule has 5 nitrogen and oxygen atoms in total. The van der Waals surface area contributed by atoms with Crippen LogP contribution in [0.4, 0.5) is 5.82 Å². The monoisotopic (exact) mass is 604 g/mol. The maximum atomic E-state index is 13.9. The average Bonchev–Trinajstić information content (AvgIpc) is 3.47. The molecule has 0 aliphatic carbocycles. The lowest BCUT2D eigenvalue weighted by Crippen LogP contribution is -2.39. The standard InChI is InChI=1S/C41H40N4O/c1-3-30-15-13-14-22-36(30)32-23-24-38-37(29-32)39(42-40(46)31-25-27-44(2)28-26-31)43-45(38)41(33-16-7-4-8-17-33,34-18-9-5-10-19-34)35-20-11-6-12-21-35/h4-24,29,31H,3,25-28H2,1-2H3,(H,42,43,46). The third-order valence-electron chi connectivity index (χ3n) is 9.61. The molecule has 1 amide bonds. The van der Waals surface area contributed by atoms with Gasteiger partial charge in [-0.1, -0.05) is 128 Å². The second-order valence-electron chi connectivity index (χ2n) is 12.4. The smallest absolute Gasteiger partial charge is 0.228 e. The maximum Gasteiger partial charge on any atom is 0.228 e. The fraction of sp³-hybridized carbons (Fsp3) is 0.220. The zero-order chi connectivity index (χ0) is 31.5. The number of anilines is 1. The van der Waals surface area contributed by atoms with Crippen molar-refractivity contribution in [3.05, 3.63) is 156 Å². The van der Waals surface area contributed by atoms with Gasteiger partial charge in [-0.05, 0) is 84.9 Å². The summed E-state index contributed by atoms with van der Waals surface area (Å²) in [6.07, 6.45) is 2.63. The molecule has 46 heavy (non-hydrogen) atoms. The van der Waals surface area contributed by atoms with Crippen LogP contribution in [0.3, 0.4) is 0 Å². The van der Waals surface area contributed by atoms with E-state index in [1.807, 2.05) is 0 Å². The highest BCUT2D eigenvalue weighted by Crippen LogP contribution is 2.44. The summed E-state index contributed by atoms with van der Waals surface area (Å²) in [4.78, 5) is 16.2. The van der Waals surface area contributed by atoms with Gasteiger partial charge in [-0.25, -0.2) is 4.68 Å². The van der Waals surface area contributed by atoms with Crippen LogP contribution in [0.1, 0.15) is 42.0 Å². The minimum Gasteiger partial charge on any atom is -0.308 e. The molecule has 5 heteroatoms. The number of hydrogen-bond acceptors (Lipinski definition) is 3. The largest absolute Gasteiger partial charge is 0.308 e. The molecule has 0 atom stereocenters. The first-order valence-corrected chi connectivity index (χ1v) is 16.4. The minimum atomic E-state index is -0.804. The quantitative estimate of drug-likeness (QED) is 0.178. The Morgan fingerprint density at radius 1 is 0.761 bits per heavy atom. The van der Waals surface area contributed by atoms with E-state index in [0.29, 0.717) is 5.82 Å². The maximum absolute atomic E-state index is 13.9. The van der Waals surface area contributed by atoms with Gasteiger partial charge >= 0.3 is 0 Å². The number of nitrogens with one attached hydrogen (secondary N) is 1. The van der Waals surface area contributed by atoms with E-state index in [1.54, 1.807) is 0 Å². The summed E-state index contributed by atoms with van der Waals surface area (Å²) in [6.45, 7) is 4.03. The van der Waals surface area contributed by atoms with Crippen LogP contribution in [0.25, 0.3) is 22.0 Å². The van der Waals surface area contributed by atoms with Crippen LogP contribution in [0.15, 0.2) is 133 Å². The van der Waals surface area contributed by atoms with Gasteiger partial charge in [0.15, 0.2) is 5.82 Å². The molecular weight excluding hydrogens is 564 g/mol. The van der Waals surface area contributed by atoms with E-state index in [2.05, 4.69) is 162 Å².